The first kappa shape index (κ1) is 17.6. The number of carbonyl (C=O) groups is 1. The number of hydrogen-bond acceptors (Lipinski definition) is 4. The molecule has 0 aromatic carbocycles. The third-order valence-electron chi connectivity index (χ3n) is 2.91. The summed E-state index contributed by atoms with van der Waals surface area (Å²) >= 11 is 0. The van der Waals surface area contributed by atoms with Crippen molar-refractivity contribution in [2.45, 2.75) is 32.9 Å². The third kappa shape index (κ3) is 6.68. The molecule has 0 aliphatic carbocycles. The van der Waals surface area contributed by atoms with Crippen molar-refractivity contribution >= 4 is 15.9 Å². The average Bonchev–Trinajstić information content (AvgIpc) is 2.36. The highest BCUT2D eigenvalue weighted by molar-refractivity contribution is 7.88. The predicted octanol–water partition coefficient (Wildman–Crippen LogP) is 1.00. The van der Waals surface area contributed by atoms with Crippen molar-refractivity contribution in [2.24, 2.45) is 5.92 Å². The Morgan fingerprint density at radius 3 is 2.38 bits per heavy atom. The van der Waals surface area contributed by atoms with E-state index in [1.807, 2.05) is 26.0 Å². The van der Waals surface area contributed by atoms with Gasteiger partial charge in [0.15, 0.2) is 0 Å². The quantitative estimate of drug-likeness (QED) is 0.814. The van der Waals surface area contributed by atoms with Gasteiger partial charge in [-0.25, -0.2) is 13.1 Å². The van der Waals surface area contributed by atoms with E-state index in [0.717, 1.165) is 11.8 Å². The highest BCUT2D eigenvalue weighted by Crippen LogP contribution is 2.10. The highest BCUT2D eigenvalue weighted by atomic mass is 32.2. The lowest BCUT2D eigenvalue weighted by Gasteiger charge is -2.25. The Kier molecular flexibility index (Phi) is 6.29. The number of likely N-dealkylation sites (N-methyl/N-ethyl adjacent to an activating group) is 1. The van der Waals surface area contributed by atoms with E-state index in [-0.39, 0.29) is 11.8 Å². The molecule has 7 heteroatoms. The van der Waals surface area contributed by atoms with Crippen molar-refractivity contribution in [2.75, 3.05) is 13.3 Å². The zero-order valence-electron chi connectivity index (χ0n) is 12.9. The SMILES string of the molecule is CC(C)C[C@@H](NS(C)(=O)=O)C(=O)N(C)Cc1ccncc1. The molecule has 1 atom stereocenters. The van der Waals surface area contributed by atoms with Gasteiger partial charge < -0.3 is 4.90 Å². The number of rotatable bonds is 7. The second-order valence-electron chi connectivity index (χ2n) is 5.62. The van der Waals surface area contributed by atoms with Crippen molar-refractivity contribution in [3.05, 3.63) is 30.1 Å². The predicted molar refractivity (Wildman–Crippen MR) is 81.9 cm³/mol. The number of nitrogens with one attached hydrogen (secondary N) is 1. The standard InChI is InChI=1S/C14H23N3O3S/c1-11(2)9-13(16-21(4,19)20)14(18)17(3)10-12-5-7-15-8-6-12/h5-8,11,13,16H,9-10H2,1-4H3/t13-/m1/s1. The lowest BCUT2D eigenvalue weighted by atomic mass is 10.0. The topological polar surface area (TPSA) is 79.4 Å². The van der Waals surface area contributed by atoms with Crippen molar-refractivity contribution in [1.29, 1.82) is 0 Å². The Morgan fingerprint density at radius 2 is 1.90 bits per heavy atom. The fourth-order valence-corrected chi connectivity index (χ4v) is 2.75. The van der Waals surface area contributed by atoms with E-state index in [0.29, 0.717) is 13.0 Å². The van der Waals surface area contributed by atoms with E-state index in [4.69, 9.17) is 0 Å². The smallest absolute Gasteiger partial charge is 0.240 e. The molecule has 0 saturated carbocycles. The van der Waals surface area contributed by atoms with Crippen LogP contribution in [0.25, 0.3) is 0 Å². The number of hydrogen-bond donors (Lipinski definition) is 1. The van der Waals surface area contributed by atoms with Crippen LogP contribution in [0, 0.1) is 5.92 Å². The molecule has 1 aromatic heterocycles. The molecule has 0 aliphatic heterocycles. The number of aromatic nitrogens is 1. The fourth-order valence-electron chi connectivity index (χ4n) is 2.04. The summed E-state index contributed by atoms with van der Waals surface area (Å²) in [5.74, 6) is -0.0199. The lowest BCUT2D eigenvalue weighted by Crippen LogP contribution is -2.47. The van der Waals surface area contributed by atoms with Crippen LogP contribution >= 0.6 is 0 Å². The molecule has 0 spiro atoms. The first-order valence-corrected chi connectivity index (χ1v) is 8.69. The summed E-state index contributed by atoms with van der Waals surface area (Å²) in [4.78, 5) is 17.9. The van der Waals surface area contributed by atoms with Crippen LogP contribution < -0.4 is 4.72 Å². The van der Waals surface area contributed by atoms with Crippen LogP contribution in [-0.2, 0) is 21.4 Å². The second-order valence-corrected chi connectivity index (χ2v) is 7.40. The molecule has 0 radical (unpaired) electrons. The number of amides is 1. The maximum absolute atomic E-state index is 12.4. The van der Waals surface area contributed by atoms with Crippen LogP contribution in [-0.4, -0.2) is 43.6 Å². The van der Waals surface area contributed by atoms with Gasteiger partial charge in [-0.1, -0.05) is 13.8 Å². The first-order valence-electron chi connectivity index (χ1n) is 6.80. The fraction of sp³-hybridized carbons (Fsp3) is 0.571. The summed E-state index contributed by atoms with van der Waals surface area (Å²) in [6, 6.07) is 2.92. The molecule has 21 heavy (non-hydrogen) atoms. The number of carbonyl (C=O) groups excluding carboxylic acids is 1. The Labute approximate surface area is 126 Å². The Bertz CT molecular complexity index is 558. The van der Waals surface area contributed by atoms with E-state index in [2.05, 4.69) is 9.71 Å². The Hall–Kier alpha value is -1.47. The first-order chi connectivity index (χ1) is 9.69. The van der Waals surface area contributed by atoms with Crippen LogP contribution in [0.3, 0.4) is 0 Å². The van der Waals surface area contributed by atoms with Crippen LogP contribution in [0.5, 0.6) is 0 Å². The Balaban J connectivity index is 2.79. The average molecular weight is 313 g/mol. The summed E-state index contributed by atoms with van der Waals surface area (Å²) in [6.07, 6.45) is 4.85. The summed E-state index contributed by atoms with van der Waals surface area (Å²) < 4.78 is 25.3. The monoisotopic (exact) mass is 313 g/mol. The molecule has 1 N–H and O–H groups in total. The molecule has 118 valence electrons. The molecule has 1 heterocycles. The van der Waals surface area contributed by atoms with Crippen molar-refractivity contribution in [1.82, 2.24) is 14.6 Å². The van der Waals surface area contributed by atoms with Crippen LogP contribution in [0.4, 0.5) is 0 Å². The molecule has 1 rings (SSSR count). The van der Waals surface area contributed by atoms with Crippen molar-refractivity contribution < 1.29 is 13.2 Å². The van der Waals surface area contributed by atoms with Crippen molar-refractivity contribution in [3.8, 4) is 0 Å². The van der Waals surface area contributed by atoms with Gasteiger partial charge in [-0.15, -0.1) is 0 Å². The highest BCUT2D eigenvalue weighted by Gasteiger charge is 2.25. The van der Waals surface area contributed by atoms with E-state index in [1.165, 1.54) is 4.90 Å². The molecule has 0 aliphatic rings. The maximum atomic E-state index is 12.4. The molecule has 0 fully saturated rings. The molecule has 0 bridgehead atoms. The van der Waals surface area contributed by atoms with Gasteiger partial charge in [0.05, 0.1) is 6.26 Å². The minimum Gasteiger partial charge on any atom is -0.340 e. The molecule has 1 amide bonds. The van der Waals surface area contributed by atoms with Crippen LogP contribution in [0.1, 0.15) is 25.8 Å². The molecule has 6 nitrogen and oxygen atoms in total. The van der Waals surface area contributed by atoms with E-state index in [1.54, 1.807) is 19.4 Å². The molecule has 0 saturated heterocycles. The van der Waals surface area contributed by atoms with E-state index in [9.17, 15) is 13.2 Å². The summed E-state index contributed by atoms with van der Waals surface area (Å²) in [7, 11) is -1.76. The van der Waals surface area contributed by atoms with Gasteiger partial charge in [-0.3, -0.25) is 9.78 Å². The second kappa shape index (κ2) is 7.51. The van der Waals surface area contributed by atoms with Gasteiger partial charge in [0.25, 0.3) is 0 Å². The van der Waals surface area contributed by atoms with Gasteiger partial charge >= 0.3 is 0 Å². The van der Waals surface area contributed by atoms with Gasteiger partial charge in [0.2, 0.25) is 15.9 Å². The summed E-state index contributed by atoms with van der Waals surface area (Å²) in [5, 5.41) is 0. The molecular formula is C14H23N3O3S. The zero-order valence-corrected chi connectivity index (χ0v) is 13.7. The number of nitrogens with zero attached hydrogens (tertiary/aromatic N) is 2. The molecule has 0 unspecified atom stereocenters. The number of sulfonamides is 1. The van der Waals surface area contributed by atoms with E-state index < -0.39 is 16.1 Å². The molecule has 1 aromatic rings. The Morgan fingerprint density at radius 1 is 1.33 bits per heavy atom. The third-order valence-corrected chi connectivity index (χ3v) is 3.62. The zero-order chi connectivity index (χ0) is 16.0. The largest absolute Gasteiger partial charge is 0.340 e. The minimum atomic E-state index is -3.43. The van der Waals surface area contributed by atoms with Gasteiger partial charge in [-0.05, 0) is 30.0 Å². The minimum absolute atomic E-state index is 0.211. The van der Waals surface area contributed by atoms with Crippen LogP contribution in [0.15, 0.2) is 24.5 Å². The summed E-state index contributed by atoms with van der Waals surface area (Å²) in [6.45, 7) is 4.32. The van der Waals surface area contributed by atoms with Crippen LogP contribution in [0.2, 0.25) is 0 Å². The maximum Gasteiger partial charge on any atom is 0.240 e. The van der Waals surface area contributed by atoms with Gasteiger partial charge in [-0.2, -0.15) is 0 Å². The van der Waals surface area contributed by atoms with Crippen molar-refractivity contribution in [3.63, 3.8) is 0 Å². The summed E-state index contributed by atoms with van der Waals surface area (Å²) in [5.41, 5.74) is 0.948. The normalized spacial score (nSPS) is 13.2. The molecular weight excluding hydrogens is 290 g/mol. The van der Waals surface area contributed by atoms with Gasteiger partial charge in [0.1, 0.15) is 6.04 Å². The number of pyridine rings is 1. The lowest BCUT2D eigenvalue weighted by molar-refractivity contribution is -0.132. The van der Waals surface area contributed by atoms with E-state index >= 15 is 0 Å². The van der Waals surface area contributed by atoms with Gasteiger partial charge in [0, 0.05) is 26.0 Å².